The lowest BCUT2D eigenvalue weighted by Crippen LogP contribution is -2.63. The normalized spacial score (nSPS) is 22.3. The highest BCUT2D eigenvalue weighted by Crippen LogP contribution is 2.34. The van der Waals surface area contributed by atoms with Gasteiger partial charge in [-0.05, 0) is 69.1 Å². The van der Waals surface area contributed by atoms with Crippen LogP contribution in [-0.4, -0.2) is 70.3 Å². The van der Waals surface area contributed by atoms with Gasteiger partial charge in [0.15, 0.2) is 0 Å². The van der Waals surface area contributed by atoms with Crippen molar-refractivity contribution in [1.29, 1.82) is 0 Å². The molecule has 5 heterocycles. The maximum Gasteiger partial charge on any atom is 0.229 e. The van der Waals surface area contributed by atoms with Crippen LogP contribution in [0.4, 0.5) is 5.82 Å². The summed E-state index contributed by atoms with van der Waals surface area (Å²) in [4.78, 5) is 24.3. The molecule has 3 saturated heterocycles. The Bertz CT molecular complexity index is 1230. The number of ether oxygens (including phenoxy) is 1. The van der Waals surface area contributed by atoms with E-state index < -0.39 is 0 Å². The summed E-state index contributed by atoms with van der Waals surface area (Å²) in [6, 6.07) is 8.06. The topological polar surface area (TPSA) is 84.3 Å². The number of fused-ring (bicyclic) bond motifs is 1. The van der Waals surface area contributed by atoms with Crippen LogP contribution < -0.4 is 10.6 Å². The molecule has 3 aromatic rings. The van der Waals surface area contributed by atoms with Crippen LogP contribution in [0.25, 0.3) is 22.2 Å². The molecule has 3 aliphatic heterocycles. The molecule has 3 fully saturated rings. The van der Waals surface area contributed by atoms with Gasteiger partial charge in [-0.1, -0.05) is 17.7 Å². The Morgan fingerprint density at radius 3 is 2.80 bits per heavy atom. The number of amides is 1. The molecule has 2 aromatic heterocycles. The summed E-state index contributed by atoms with van der Waals surface area (Å²) in [7, 11) is 0. The van der Waals surface area contributed by atoms with E-state index >= 15 is 0 Å². The third-order valence-corrected chi connectivity index (χ3v) is 7.99. The fourth-order valence-electron chi connectivity index (χ4n) is 5.60. The van der Waals surface area contributed by atoms with Crippen molar-refractivity contribution in [3.63, 3.8) is 0 Å². The van der Waals surface area contributed by atoms with Crippen molar-refractivity contribution in [2.45, 2.75) is 37.8 Å². The van der Waals surface area contributed by atoms with Gasteiger partial charge in [-0.15, -0.1) is 0 Å². The summed E-state index contributed by atoms with van der Waals surface area (Å²) in [5.74, 6) is 0.489. The van der Waals surface area contributed by atoms with E-state index in [-0.39, 0.29) is 17.4 Å². The SMILES string of the molecule is O=C(Nc1cc(-c2ccc3ncn(CC4(N5CCCC5)COC4)c3c2)c(Cl)cn1)C1CCCNC1. The zero-order valence-corrected chi connectivity index (χ0v) is 20.6. The molecule has 1 aromatic carbocycles. The van der Waals surface area contributed by atoms with E-state index in [1.54, 1.807) is 6.20 Å². The van der Waals surface area contributed by atoms with Crippen molar-refractivity contribution in [1.82, 2.24) is 24.8 Å². The van der Waals surface area contributed by atoms with Crippen LogP contribution in [0.15, 0.2) is 36.8 Å². The molecule has 0 aliphatic carbocycles. The highest BCUT2D eigenvalue weighted by molar-refractivity contribution is 6.33. The van der Waals surface area contributed by atoms with Gasteiger partial charge in [-0.25, -0.2) is 9.97 Å². The van der Waals surface area contributed by atoms with E-state index in [9.17, 15) is 4.79 Å². The fraction of sp³-hybridized carbons (Fsp3) is 0.500. The van der Waals surface area contributed by atoms with Crippen LogP contribution in [0.2, 0.25) is 5.02 Å². The minimum absolute atomic E-state index is 0.00132. The molecule has 3 aliphatic rings. The number of rotatable bonds is 6. The Morgan fingerprint density at radius 1 is 1.20 bits per heavy atom. The largest absolute Gasteiger partial charge is 0.377 e. The second-order valence-corrected chi connectivity index (χ2v) is 10.5. The number of hydrogen-bond acceptors (Lipinski definition) is 6. The van der Waals surface area contributed by atoms with E-state index in [1.165, 1.54) is 12.8 Å². The summed E-state index contributed by atoms with van der Waals surface area (Å²) in [5.41, 5.74) is 3.89. The van der Waals surface area contributed by atoms with Crippen molar-refractivity contribution in [2.75, 3.05) is 44.7 Å². The lowest BCUT2D eigenvalue weighted by molar-refractivity contribution is -0.141. The minimum Gasteiger partial charge on any atom is -0.377 e. The lowest BCUT2D eigenvalue weighted by atomic mass is 9.95. The van der Waals surface area contributed by atoms with Gasteiger partial charge in [-0.2, -0.15) is 0 Å². The third-order valence-electron chi connectivity index (χ3n) is 7.69. The van der Waals surface area contributed by atoms with Crippen LogP contribution >= 0.6 is 11.6 Å². The van der Waals surface area contributed by atoms with E-state index in [2.05, 4.69) is 36.1 Å². The molecule has 0 bridgehead atoms. The number of imidazole rings is 1. The quantitative estimate of drug-likeness (QED) is 0.545. The summed E-state index contributed by atoms with van der Waals surface area (Å²) < 4.78 is 7.91. The molecule has 2 N–H and O–H groups in total. The predicted octanol–water partition coefficient (Wildman–Crippen LogP) is 3.55. The van der Waals surface area contributed by atoms with E-state index in [0.717, 1.165) is 74.4 Å². The fourth-order valence-corrected chi connectivity index (χ4v) is 5.82. The van der Waals surface area contributed by atoms with Gasteiger partial charge in [0.25, 0.3) is 0 Å². The standard InChI is InChI=1S/C26H31ClN6O2/c27-21-13-29-24(31-25(34)19-4-3-7-28-12-19)11-20(21)18-5-6-22-23(10-18)32(17-30-22)14-26(15-35-16-26)33-8-1-2-9-33/h5-6,10-11,13,17,19,28H,1-4,7-9,12,14-16H2,(H,29,31,34). The molecular formula is C26H31ClN6O2. The first-order valence-corrected chi connectivity index (χ1v) is 12.9. The average molecular weight is 495 g/mol. The molecule has 8 nitrogen and oxygen atoms in total. The Labute approximate surface area is 210 Å². The van der Waals surface area contributed by atoms with E-state index in [0.29, 0.717) is 17.4 Å². The molecular weight excluding hydrogens is 464 g/mol. The van der Waals surface area contributed by atoms with Crippen molar-refractivity contribution in [2.24, 2.45) is 5.92 Å². The summed E-state index contributed by atoms with van der Waals surface area (Å²) in [6.45, 7) is 6.34. The second-order valence-electron chi connectivity index (χ2n) is 10.1. The van der Waals surface area contributed by atoms with E-state index in [1.807, 2.05) is 24.5 Å². The molecule has 184 valence electrons. The molecule has 0 saturated carbocycles. The van der Waals surface area contributed by atoms with Gasteiger partial charge in [0.1, 0.15) is 5.82 Å². The number of hydrogen-bond donors (Lipinski definition) is 2. The first-order valence-electron chi connectivity index (χ1n) is 12.6. The number of nitrogens with zero attached hydrogens (tertiary/aromatic N) is 4. The van der Waals surface area contributed by atoms with Crippen molar-refractivity contribution in [3.05, 3.63) is 41.8 Å². The van der Waals surface area contributed by atoms with Gasteiger partial charge < -0.3 is 19.9 Å². The smallest absolute Gasteiger partial charge is 0.229 e. The highest BCUT2D eigenvalue weighted by Gasteiger charge is 2.45. The number of benzene rings is 1. The predicted molar refractivity (Wildman–Crippen MR) is 137 cm³/mol. The number of carbonyl (C=O) groups is 1. The highest BCUT2D eigenvalue weighted by atomic mass is 35.5. The maximum atomic E-state index is 12.7. The van der Waals surface area contributed by atoms with Crippen LogP contribution in [-0.2, 0) is 16.1 Å². The van der Waals surface area contributed by atoms with Crippen molar-refractivity contribution in [3.8, 4) is 11.1 Å². The molecule has 0 spiro atoms. The maximum absolute atomic E-state index is 12.7. The number of nitrogens with one attached hydrogen (secondary N) is 2. The zero-order valence-electron chi connectivity index (χ0n) is 19.8. The lowest BCUT2D eigenvalue weighted by Gasteiger charge is -2.48. The Kier molecular flexibility index (Phi) is 6.22. The number of carbonyl (C=O) groups excluding carboxylic acids is 1. The summed E-state index contributed by atoms with van der Waals surface area (Å²) in [6.07, 6.45) is 7.96. The van der Waals surface area contributed by atoms with Crippen molar-refractivity contribution < 1.29 is 9.53 Å². The second kappa shape index (κ2) is 9.50. The number of anilines is 1. The summed E-state index contributed by atoms with van der Waals surface area (Å²) >= 11 is 6.57. The Balaban J connectivity index is 1.27. The molecule has 1 unspecified atom stereocenters. The van der Waals surface area contributed by atoms with Crippen LogP contribution in [0.3, 0.4) is 0 Å². The number of aromatic nitrogens is 3. The Morgan fingerprint density at radius 2 is 2.06 bits per heavy atom. The molecule has 1 atom stereocenters. The Hall–Kier alpha value is -2.52. The molecule has 0 radical (unpaired) electrons. The number of halogens is 1. The van der Waals surface area contributed by atoms with Gasteiger partial charge in [-0.3, -0.25) is 9.69 Å². The number of likely N-dealkylation sites (tertiary alicyclic amines) is 1. The van der Waals surface area contributed by atoms with Crippen LogP contribution in [0, 0.1) is 5.92 Å². The first kappa shape index (κ1) is 22.9. The first-order chi connectivity index (χ1) is 17.1. The summed E-state index contributed by atoms with van der Waals surface area (Å²) in [5, 5.41) is 6.82. The van der Waals surface area contributed by atoms with Crippen molar-refractivity contribution >= 4 is 34.4 Å². The van der Waals surface area contributed by atoms with Gasteiger partial charge in [0, 0.05) is 24.8 Å². The zero-order chi connectivity index (χ0) is 23.8. The third kappa shape index (κ3) is 4.44. The van der Waals surface area contributed by atoms with Gasteiger partial charge in [0.2, 0.25) is 5.91 Å². The van der Waals surface area contributed by atoms with Crippen LogP contribution in [0.5, 0.6) is 0 Å². The number of piperidine rings is 1. The minimum atomic E-state index is -0.0335. The van der Waals surface area contributed by atoms with Gasteiger partial charge in [0.05, 0.1) is 47.1 Å². The molecule has 1 amide bonds. The average Bonchev–Trinajstić information content (AvgIpc) is 3.53. The molecule has 6 rings (SSSR count). The number of pyridine rings is 1. The van der Waals surface area contributed by atoms with E-state index in [4.69, 9.17) is 16.3 Å². The van der Waals surface area contributed by atoms with Crippen LogP contribution in [0.1, 0.15) is 25.7 Å². The molecule has 35 heavy (non-hydrogen) atoms. The molecule has 9 heteroatoms. The van der Waals surface area contributed by atoms with Gasteiger partial charge >= 0.3 is 0 Å². The monoisotopic (exact) mass is 494 g/mol.